The van der Waals surface area contributed by atoms with Gasteiger partial charge in [-0.05, 0) is 55.2 Å². The van der Waals surface area contributed by atoms with Crippen LogP contribution in [-0.2, 0) is 6.42 Å². The fourth-order valence-corrected chi connectivity index (χ4v) is 3.53. The molecule has 0 saturated heterocycles. The van der Waals surface area contributed by atoms with E-state index < -0.39 is 0 Å². The lowest BCUT2D eigenvalue weighted by molar-refractivity contribution is 0.290. The number of pyridine rings is 2. The monoisotopic (exact) mass is 476 g/mol. The Hall–Kier alpha value is -4.02. The number of anilines is 2. The van der Waals surface area contributed by atoms with Gasteiger partial charge in [0.1, 0.15) is 11.8 Å². The molecule has 0 fully saturated rings. The number of phenols is 1. The van der Waals surface area contributed by atoms with E-state index in [2.05, 4.69) is 21.4 Å². The molecule has 34 heavy (non-hydrogen) atoms. The quantitative estimate of drug-likeness (QED) is 0.314. The summed E-state index contributed by atoms with van der Waals surface area (Å²) in [5.41, 5.74) is 4.29. The van der Waals surface area contributed by atoms with Crippen LogP contribution in [0.1, 0.15) is 23.1 Å². The average molecular weight is 477 g/mol. The van der Waals surface area contributed by atoms with Crippen molar-refractivity contribution in [2.45, 2.75) is 19.8 Å². The van der Waals surface area contributed by atoms with Crippen LogP contribution in [0.25, 0.3) is 10.9 Å². The third-order valence-electron chi connectivity index (χ3n) is 5.37. The predicted octanol–water partition coefficient (Wildman–Crippen LogP) is 5.70. The van der Waals surface area contributed by atoms with Crippen molar-refractivity contribution in [1.29, 1.82) is 5.26 Å². The van der Waals surface area contributed by atoms with Gasteiger partial charge in [0.05, 0.1) is 30.5 Å². The van der Waals surface area contributed by atoms with E-state index in [0.717, 1.165) is 23.8 Å². The summed E-state index contributed by atoms with van der Waals surface area (Å²) >= 11 is 0. The van der Waals surface area contributed by atoms with E-state index in [0.29, 0.717) is 40.6 Å². The zero-order valence-corrected chi connectivity index (χ0v) is 19.7. The number of halogens is 1. The Morgan fingerprint density at radius 2 is 1.88 bits per heavy atom. The molecule has 0 saturated carbocycles. The highest BCUT2D eigenvalue weighted by Gasteiger charge is 2.15. The minimum atomic E-state index is 0. The number of hydrogen-bond donors (Lipinski definition) is 2. The first-order valence-corrected chi connectivity index (χ1v) is 10.6. The number of hydrogen-bond acceptors (Lipinski definition) is 7. The Bertz CT molecular complexity index is 1320. The normalized spacial score (nSPS) is 10.3. The predicted molar refractivity (Wildman–Crippen MR) is 134 cm³/mol. The molecule has 0 atom stereocenters. The van der Waals surface area contributed by atoms with Gasteiger partial charge < -0.3 is 19.9 Å². The molecular weight excluding hydrogens is 452 g/mol. The summed E-state index contributed by atoms with van der Waals surface area (Å²) in [6.45, 7) is 2.35. The molecule has 0 aliphatic rings. The number of nitriles is 1. The zero-order valence-electron chi connectivity index (χ0n) is 18.9. The van der Waals surface area contributed by atoms with Gasteiger partial charge in [0.15, 0.2) is 11.5 Å². The summed E-state index contributed by atoms with van der Waals surface area (Å²) in [7, 11) is 1.58. The van der Waals surface area contributed by atoms with Gasteiger partial charge in [-0.1, -0.05) is 6.07 Å². The van der Waals surface area contributed by atoms with Crippen LogP contribution in [0.4, 0.5) is 11.4 Å². The van der Waals surface area contributed by atoms with Crippen LogP contribution < -0.4 is 14.8 Å². The first-order valence-electron chi connectivity index (χ1n) is 10.6. The van der Waals surface area contributed by atoms with Gasteiger partial charge in [0.2, 0.25) is 0 Å². The first kappa shape index (κ1) is 24.6. The van der Waals surface area contributed by atoms with Gasteiger partial charge in [-0.2, -0.15) is 5.26 Å². The molecule has 2 aromatic heterocycles. The van der Waals surface area contributed by atoms with Crippen molar-refractivity contribution in [3.8, 4) is 23.3 Å². The molecule has 174 valence electrons. The number of aromatic nitrogens is 2. The molecule has 7 nitrogen and oxygen atoms in total. The van der Waals surface area contributed by atoms with Gasteiger partial charge >= 0.3 is 0 Å². The van der Waals surface area contributed by atoms with Crippen molar-refractivity contribution >= 4 is 34.7 Å². The van der Waals surface area contributed by atoms with Gasteiger partial charge in [0, 0.05) is 41.8 Å². The molecule has 4 aromatic rings. The van der Waals surface area contributed by atoms with Crippen molar-refractivity contribution < 1.29 is 14.6 Å². The lowest BCUT2D eigenvalue weighted by Gasteiger charge is -2.16. The number of aromatic hydroxyl groups is 1. The van der Waals surface area contributed by atoms with Crippen molar-refractivity contribution in [3.63, 3.8) is 0 Å². The fraction of sp³-hybridized carbons (Fsp3) is 0.192. The van der Waals surface area contributed by atoms with E-state index in [4.69, 9.17) is 9.47 Å². The lowest BCUT2D eigenvalue weighted by Crippen LogP contribution is -2.02. The largest absolute Gasteiger partial charge is 0.508 e. The van der Waals surface area contributed by atoms with Gasteiger partial charge in [0.25, 0.3) is 0 Å². The number of phenolic OH excluding ortho intramolecular Hbond substituents is 1. The summed E-state index contributed by atoms with van der Waals surface area (Å²) in [4.78, 5) is 8.48. The minimum absolute atomic E-state index is 0. The van der Waals surface area contributed by atoms with Crippen LogP contribution in [0.5, 0.6) is 17.2 Å². The Morgan fingerprint density at radius 1 is 1.09 bits per heavy atom. The molecule has 4 rings (SSSR count). The Kier molecular flexibility index (Phi) is 8.12. The van der Waals surface area contributed by atoms with E-state index in [1.54, 1.807) is 25.6 Å². The molecule has 0 radical (unpaired) electrons. The van der Waals surface area contributed by atoms with E-state index in [1.807, 2.05) is 43.3 Å². The number of aryl methyl sites for hydroxylation is 2. The van der Waals surface area contributed by atoms with Crippen LogP contribution >= 0.6 is 12.4 Å². The third kappa shape index (κ3) is 5.48. The number of benzene rings is 2. The highest BCUT2D eigenvalue weighted by atomic mass is 35.5. The number of fused-ring (bicyclic) bond motifs is 1. The van der Waals surface area contributed by atoms with Gasteiger partial charge in [-0.3, -0.25) is 9.97 Å². The molecule has 0 amide bonds. The van der Waals surface area contributed by atoms with Crippen LogP contribution in [0, 0.1) is 18.3 Å². The molecule has 2 aromatic carbocycles. The molecule has 0 aliphatic carbocycles. The third-order valence-corrected chi connectivity index (χ3v) is 5.37. The van der Waals surface area contributed by atoms with Crippen molar-refractivity contribution in [1.82, 2.24) is 9.97 Å². The molecule has 2 N–H and O–H groups in total. The summed E-state index contributed by atoms with van der Waals surface area (Å²) in [5, 5.41) is 23.7. The standard InChI is InChI=1S/C26H24N4O3.ClH/c1-17-5-6-20(12-23(17)31)30-26-19(15-27)16-29-22-14-25(24(32-2)13-21(22)26)33-11-3-4-18-7-9-28-10-8-18;/h5-10,12-14,16,31H,3-4,11H2,1-2H3,(H,29,30);1H. The molecule has 0 unspecified atom stereocenters. The topological polar surface area (TPSA) is 100 Å². The lowest BCUT2D eigenvalue weighted by atomic mass is 10.1. The van der Waals surface area contributed by atoms with E-state index in [-0.39, 0.29) is 18.2 Å². The molecule has 0 spiro atoms. The fourth-order valence-electron chi connectivity index (χ4n) is 3.53. The van der Waals surface area contributed by atoms with E-state index >= 15 is 0 Å². The van der Waals surface area contributed by atoms with Crippen LogP contribution in [0.2, 0.25) is 0 Å². The van der Waals surface area contributed by atoms with Crippen LogP contribution in [-0.4, -0.2) is 28.8 Å². The van der Waals surface area contributed by atoms with Gasteiger partial charge in [-0.25, -0.2) is 0 Å². The molecule has 0 aliphatic heterocycles. The summed E-state index contributed by atoms with van der Waals surface area (Å²) in [6, 6.07) is 15.1. The number of methoxy groups -OCH3 is 1. The first-order chi connectivity index (χ1) is 16.1. The Morgan fingerprint density at radius 3 is 2.59 bits per heavy atom. The number of nitrogens with one attached hydrogen (secondary N) is 1. The number of ether oxygens (including phenoxy) is 2. The second-order valence-electron chi connectivity index (χ2n) is 7.61. The Labute approximate surface area is 204 Å². The maximum atomic E-state index is 10.1. The number of nitrogens with zero attached hydrogens (tertiary/aromatic N) is 3. The number of rotatable bonds is 8. The molecule has 0 bridgehead atoms. The van der Waals surface area contributed by atoms with Crippen LogP contribution in [0.3, 0.4) is 0 Å². The highest BCUT2D eigenvalue weighted by molar-refractivity contribution is 5.97. The maximum Gasteiger partial charge on any atom is 0.163 e. The van der Waals surface area contributed by atoms with E-state index in [1.165, 1.54) is 11.8 Å². The summed E-state index contributed by atoms with van der Waals surface area (Å²) in [5.74, 6) is 1.32. The minimum Gasteiger partial charge on any atom is -0.508 e. The van der Waals surface area contributed by atoms with Crippen molar-refractivity contribution in [2.24, 2.45) is 0 Å². The van der Waals surface area contributed by atoms with Crippen molar-refractivity contribution in [2.75, 3.05) is 19.0 Å². The zero-order chi connectivity index (χ0) is 23.2. The van der Waals surface area contributed by atoms with E-state index in [9.17, 15) is 10.4 Å². The molecule has 8 heteroatoms. The second kappa shape index (κ2) is 11.2. The second-order valence-corrected chi connectivity index (χ2v) is 7.61. The average Bonchev–Trinajstić information content (AvgIpc) is 2.84. The van der Waals surface area contributed by atoms with Crippen LogP contribution in [0.15, 0.2) is 61.1 Å². The summed E-state index contributed by atoms with van der Waals surface area (Å²) in [6.07, 6.45) is 6.83. The molecular formula is C26H25ClN4O3. The molecule has 2 heterocycles. The Balaban J connectivity index is 0.00000324. The SMILES string of the molecule is COc1cc2c(Nc3ccc(C)c(O)c3)c(C#N)cnc2cc1OCCCc1ccncc1.Cl. The highest BCUT2D eigenvalue weighted by Crippen LogP contribution is 2.37. The van der Waals surface area contributed by atoms with Gasteiger partial charge in [-0.15, -0.1) is 12.4 Å². The maximum absolute atomic E-state index is 10.1. The smallest absolute Gasteiger partial charge is 0.163 e. The summed E-state index contributed by atoms with van der Waals surface area (Å²) < 4.78 is 11.6. The van der Waals surface area contributed by atoms with Crippen molar-refractivity contribution in [3.05, 3.63) is 77.7 Å².